The highest BCUT2D eigenvalue weighted by Gasteiger charge is 2.21. The van der Waals surface area contributed by atoms with Crippen LogP contribution in [0.25, 0.3) is 0 Å². The lowest BCUT2D eigenvalue weighted by Crippen LogP contribution is -2.15. The molecule has 1 fully saturated rings. The standard InChI is InChI=1S/C12H16ClNS/c13-10-3-1-9(2-4-10)8-15-12-6-5-11(14)7-12/h1-4,11-12H,5-8,14H2. The van der Waals surface area contributed by atoms with Crippen molar-refractivity contribution in [3.05, 3.63) is 34.9 Å². The fraction of sp³-hybridized carbons (Fsp3) is 0.500. The number of hydrogen-bond acceptors (Lipinski definition) is 2. The van der Waals surface area contributed by atoms with Crippen LogP contribution >= 0.6 is 23.4 Å². The molecule has 0 bridgehead atoms. The average molecular weight is 242 g/mol. The molecule has 0 saturated heterocycles. The fourth-order valence-corrected chi connectivity index (χ4v) is 3.35. The maximum atomic E-state index is 5.88. The molecule has 1 nitrogen and oxygen atoms in total. The summed E-state index contributed by atoms with van der Waals surface area (Å²) in [5.41, 5.74) is 7.23. The number of halogens is 1. The summed E-state index contributed by atoms with van der Waals surface area (Å²) in [6, 6.07) is 8.55. The number of hydrogen-bond donors (Lipinski definition) is 1. The van der Waals surface area contributed by atoms with E-state index in [4.69, 9.17) is 17.3 Å². The van der Waals surface area contributed by atoms with Crippen LogP contribution in [0, 0.1) is 0 Å². The third kappa shape index (κ3) is 3.40. The van der Waals surface area contributed by atoms with Crippen LogP contribution in [0.2, 0.25) is 5.02 Å². The zero-order valence-corrected chi connectivity index (χ0v) is 10.2. The lowest BCUT2D eigenvalue weighted by Gasteiger charge is -2.08. The summed E-state index contributed by atoms with van der Waals surface area (Å²) >= 11 is 7.86. The summed E-state index contributed by atoms with van der Waals surface area (Å²) < 4.78 is 0. The van der Waals surface area contributed by atoms with Crippen molar-refractivity contribution in [3.63, 3.8) is 0 Å². The molecule has 1 aromatic carbocycles. The summed E-state index contributed by atoms with van der Waals surface area (Å²) in [6.45, 7) is 0. The molecule has 2 N–H and O–H groups in total. The molecule has 0 aliphatic heterocycles. The first kappa shape index (κ1) is 11.3. The minimum Gasteiger partial charge on any atom is -0.328 e. The Morgan fingerprint density at radius 2 is 2.00 bits per heavy atom. The van der Waals surface area contributed by atoms with Crippen molar-refractivity contribution in [1.82, 2.24) is 0 Å². The Balaban J connectivity index is 1.80. The Bertz CT molecular complexity index is 312. The SMILES string of the molecule is NC1CCC(SCc2ccc(Cl)cc2)C1. The molecule has 1 aliphatic carbocycles. The summed E-state index contributed by atoms with van der Waals surface area (Å²) in [5, 5.41) is 1.57. The van der Waals surface area contributed by atoms with Gasteiger partial charge in [-0.15, -0.1) is 0 Å². The first-order valence-corrected chi connectivity index (χ1v) is 6.78. The molecule has 0 aromatic heterocycles. The van der Waals surface area contributed by atoms with Crippen molar-refractivity contribution in [2.75, 3.05) is 0 Å². The molecule has 0 amide bonds. The molecular formula is C12H16ClNS. The lowest BCUT2D eigenvalue weighted by atomic mass is 10.2. The highest BCUT2D eigenvalue weighted by atomic mass is 35.5. The van der Waals surface area contributed by atoms with E-state index in [9.17, 15) is 0 Å². The van der Waals surface area contributed by atoms with Crippen LogP contribution in [-0.4, -0.2) is 11.3 Å². The molecule has 0 spiro atoms. The van der Waals surface area contributed by atoms with Gasteiger partial charge in [0.2, 0.25) is 0 Å². The predicted molar refractivity (Wildman–Crippen MR) is 68.4 cm³/mol. The molecule has 1 saturated carbocycles. The van der Waals surface area contributed by atoms with Gasteiger partial charge in [0.1, 0.15) is 0 Å². The Kier molecular flexibility index (Phi) is 3.95. The number of rotatable bonds is 3. The molecule has 1 aliphatic rings. The molecule has 2 unspecified atom stereocenters. The van der Waals surface area contributed by atoms with Crippen molar-refractivity contribution in [2.45, 2.75) is 36.3 Å². The largest absolute Gasteiger partial charge is 0.328 e. The number of nitrogens with two attached hydrogens (primary N) is 1. The second-order valence-electron chi connectivity index (χ2n) is 4.13. The molecule has 15 heavy (non-hydrogen) atoms. The van der Waals surface area contributed by atoms with E-state index in [2.05, 4.69) is 12.1 Å². The van der Waals surface area contributed by atoms with E-state index in [0.717, 1.165) is 16.0 Å². The summed E-state index contributed by atoms with van der Waals surface area (Å²) in [5.74, 6) is 1.08. The van der Waals surface area contributed by atoms with Crippen molar-refractivity contribution in [1.29, 1.82) is 0 Å². The zero-order chi connectivity index (χ0) is 10.7. The van der Waals surface area contributed by atoms with Gasteiger partial charge in [-0.2, -0.15) is 11.8 Å². The van der Waals surface area contributed by atoms with Crippen molar-refractivity contribution in [3.8, 4) is 0 Å². The van der Waals surface area contributed by atoms with E-state index in [-0.39, 0.29) is 0 Å². The van der Waals surface area contributed by atoms with Crippen LogP contribution in [-0.2, 0) is 5.75 Å². The lowest BCUT2D eigenvalue weighted by molar-refractivity contribution is 0.706. The van der Waals surface area contributed by atoms with E-state index in [1.165, 1.54) is 24.8 Å². The van der Waals surface area contributed by atoms with Crippen molar-refractivity contribution >= 4 is 23.4 Å². The third-order valence-corrected chi connectivity index (χ3v) is 4.48. The van der Waals surface area contributed by atoms with Crippen LogP contribution < -0.4 is 5.73 Å². The van der Waals surface area contributed by atoms with Crippen LogP contribution in [0.5, 0.6) is 0 Å². The van der Waals surface area contributed by atoms with Gasteiger partial charge in [0, 0.05) is 22.1 Å². The van der Waals surface area contributed by atoms with E-state index in [1.54, 1.807) is 0 Å². The highest BCUT2D eigenvalue weighted by Crippen LogP contribution is 2.31. The minimum absolute atomic E-state index is 0.438. The summed E-state index contributed by atoms with van der Waals surface area (Å²) in [7, 11) is 0. The Morgan fingerprint density at radius 3 is 2.60 bits per heavy atom. The number of benzene rings is 1. The van der Waals surface area contributed by atoms with E-state index >= 15 is 0 Å². The predicted octanol–water partition coefficient (Wildman–Crippen LogP) is 3.45. The van der Waals surface area contributed by atoms with E-state index < -0.39 is 0 Å². The third-order valence-electron chi connectivity index (χ3n) is 2.82. The van der Waals surface area contributed by atoms with Gasteiger partial charge in [-0.1, -0.05) is 23.7 Å². The smallest absolute Gasteiger partial charge is 0.0406 e. The Labute approximate surface area is 100 Å². The monoisotopic (exact) mass is 241 g/mol. The number of thioether (sulfide) groups is 1. The van der Waals surface area contributed by atoms with Gasteiger partial charge < -0.3 is 5.73 Å². The van der Waals surface area contributed by atoms with Crippen molar-refractivity contribution < 1.29 is 0 Å². The molecule has 0 radical (unpaired) electrons. The molecule has 3 heteroatoms. The van der Waals surface area contributed by atoms with Crippen molar-refractivity contribution in [2.24, 2.45) is 5.73 Å². The molecular weight excluding hydrogens is 226 g/mol. The van der Waals surface area contributed by atoms with Crippen LogP contribution in [0.3, 0.4) is 0 Å². The molecule has 0 heterocycles. The minimum atomic E-state index is 0.438. The molecule has 82 valence electrons. The van der Waals surface area contributed by atoms with E-state index in [1.807, 2.05) is 23.9 Å². The second-order valence-corrected chi connectivity index (χ2v) is 5.86. The van der Waals surface area contributed by atoms with Gasteiger partial charge >= 0.3 is 0 Å². The van der Waals surface area contributed by atoms with Gasteiger partial charge in [0.25, 0.3) is 0 Å². The summed E-state index contributed by atoms with van der Waals surface area (Å²) in [6.07, 6.45) is 3.65. The maximum Gasteiger partial charge on any atom is 0.0406 e. The molecule has 2 rings (SSSR count). The van der Waals surface area contributed by atoms with Gasteiger partial charge in [-0.05, 0) is 37.0 Å². The topological polar surface area (TPSA) is 26.0 Å². The Hall–Kier alpha value is -0.180. The molecule has 1 aromatic rings. The maximum absolute atomic E-state index is 5.88. The fourth-order valence-electron chi connectivity index (χ4n) is 1.92. The van der Waals surface area contributed by atoms with Crippen LogP contribution in [0.1, 0.15) is 24.8 Å². The van der Waals surface area contributed by atoms with Crippen LogP contribution in [0.4, 0.5) is 0 Å². The average Bonchev–Trinajstić information content (AvgIpc) is 2.64. The first-order chi connectivity index (χ1) is 7.24. The van der Waals surface area contributed by atoms with Gasteiger partial charge in [-0.25, -0.2) is 0 Å². The second kappa shape index (κ2) is 5.24. The highest BCUT2D eigenvalue weighted by molar-refractivity contribution is 7.99. The van der Waals surface area contributed by atoms with E-state index in [0.29, 0.717) is 6.04 Å². The normalized spacial score (nSPS) is 25.7. The van der Waals surface area contributed by atoms with Gasteiger partial charge in [0.05, 0.1) is 0 Å². The van der Waals surface area contributed by atoms with Gasteiger partial charge in [0.15, 0.2) is 0 Å². The van der Waals surface area contributed by atoms with Gasteiger partial charge in [-0.3, -0.25) is 0 Å². The van der Waals surface area contributed by atoms with Crippen LogP contribution in [0.15, 0.2) is 24.3 Å². The molecule has 2 atom stereocenters. The first-order valence-electron chi connectivity index (χ1n) is 5.35. The quantitative estimate of drug-likeness (QED) is 0.877. The Morgan fingerprint density at radius 1 is 1.27 bits per heavy atom. The summed E-state index contributed by atoms with van der Waals surface area (Å²) in [4.78, 5) is 0. The zero-order valence-electron chi connectivity index (χ0n) is 8.66.